The second-order valence-electron chi connectivity index (χ2n) is 3.18. The molecule has 6 nitrogen and oxygen atoms in total. The Hall–Kier alpha value is -1.68. The maximum absolute atomic E-state index is 8.42. The predicted octanol–water partition coefficient (Wildman–Crippen LogP) is 0.331. The first-order chi connectivity index (χ1) is 8.36. The second-order valence-corrected chi connectivity index (χ2v) is 4.40. The average Bonchev–Trinajstić information content (AvgIpc) is 2.85. The summed E-state index contributed by atoms with van der Waals surface area (Å²) in [6.45, 7) is 0.787. The fourth-order valence-electron chi connectivity index (χ4n) is 1.18. The van der Waals surface area contributed by atoms with Crippen LogP contribution in [0.4, 0.5) is 0 Å². The molecule has 0 amide bonds. The molecule has 0 fully saturated rings. The van der Waals surface area contributed by atoms with Crippen molar-refractivity contribution in [1.29, 1.82) is 5.26 Å². The first-order valence-corrected chi connectivity index (χ1v) is 6.44. The number of nitrogens with zero attached hydrogens (tertiary/aromatic N) is 3. The van der Waals surface area contributed by atoms with Gasteiger partial charge in [-0.3, -0.25) is 15.4 Å². The van der Waals surface area contributed by atoms with E-state index in [1.54, 1.807) is 13.2 Å². The van der Waals surface area contributed by atoms with Crippen LogP contribution in [0.1, 0.15) is 5.69 Å². The summed E-state index contributed by atoms with van der Waals surface area (Å²) in [5, 5.41) is 20.7. The van der Waals surface area contributed by atoms with Gasteiger partial charge in [-0.1, -0.05) is 0 Å². The molecule has 0 bridgehead atoms. The van der Waals surface area contributed by atoms with Gasteiger partial charge in [0.15, 0.2) is 6.19 Å². The van der Waals surface area contributed by atoms with Crippen molar-refractivity contribution in [3.63, 3.8) is 0 Å². The Morgan fingerprint density at radius 3 is 3.18 bits per heavy atom. The molecule has 1 rings (SSSR count). The van der Waals surface area contributed by atoms with Gasteiger partial charge in [-0.2, -0.15) is 22.1 Å². The Morgan fingerprint density at radius 2 is 2.53 bits per heavy atom. The zero-order valence-electron chi connectivity index (χ0n) is 9.73. The number of hydrogen-bond donors (Lipinski definition) is 3. The number of aliphatic imine (C=N–C) groups is 1. The van der Waals surface area contributed by atoms with Gasteiger partial charge in [0.1, 0.15) is 0 Å². The summed E-state index contributed by atoms with van der Waals surface area (Å²) in [5.41, 5.74) is 1.16. The molecule has 0 saturated carbocycles. The zero-order chi connectivity index (χ0) is 12.3. The molecule has 1 heterocycles. The normalized spacial score (nSPS) is 10.9. The number of nitrogens with one attached hydrogen (secondary N) is 3. The van der Waals surface area contributed by atoms with E-state index < -0.39 is 0 Å². The van der Waals surface area contributed by atoms with E-state index in [0.717, 1.165) is 30.2 Å². The molecule has 7 heteroatoms. The molecule has 1 aromatic heterocycles. The van der Waals surface area contributed by atoms with E-state index in [9.17, 15) is 0 Å². The first kappa shape index (κ1) is 13.4. The predicted molar refractivity (Wildman–Crippen MR) is 69.7 cm³/mol. The van der Waals surface area contributed by atoms with Crippen LogP contribution in [0.25, 0.3) is 0 Å². The van der Waals surface area contributed by atoms with Crippen molar-refractivity contribution < 1.29 is 0 Å². The Labute approximate surface area is 105 Å². The molecule has 0 unspecified atom stereocenters. The van der Waals surface area contributed by atoms with Gasteiger partial charge in [-0.15, -0.1) is 0 Å². The van der Waals surface area contributed by atoms with Crippen molar-refractivity contribution in [2.24, 2.45) is 4.99 Å². The molecule has 17 heavy (non-hydrogen) atoms. The highest BCUT2D eigenvalue weighted by atomic mass is 32.2. The maximum Gasteiger partial charge on any atom is 0.204 e. The highest BCUT2D eigenvalue weighted by molar-refractivity contribution is 7.99. The van der Waals surface area contributed by atoms with Gasteiger partial charge in [-0.25, -0.2) is 0 Å². The lowest BCUT2D eigenvalue weighted by Gasteiger charge is -2.06. The summed E-state index contributed by atoms with van der Waals surface area (Å²) in [4.78, 5) is 3.89. The van der Waals surface area contributed by atoms with Gasteiger partial charge >= 0.3 is 0 Å². The van der Waals surface area contributed by atoms with Crippen LogP contribution >= 0.6 is 11.8 Å². The number of aromatic nitrogens is 2. The number of hydrogen-bond acceptors (Lipinski definition) is 4. The number of thioether (sulfide) groups is 1. The summed E-state index contributed by atoms with van der Waals surface area (Å²) in [6, 6.07) is 1.98. The van der Waals surface area contributed by atoms with Crippen LogP contribution in [-0.4, -0.2) is 41.3 Å². The van der Waals surface area contributed by atoms with E-state index in [0.29, 0.717) is 5.96 Å². The van der Waals surface area contributed by atoms with Crippen molar-refractivity contribution in [1.82, 2.24) is 20.8 Å². The lowest BCUT2D eigenvalue weighted by molar-refractivity contribution is 0.928. The molecular weight excluding hydrogens is 236 g/mol. The SMILES string of the molecule is CN=C(NC#N)NCCSCCc1ccn[nH]1. The third kappa shape index (κ3) is 5.82. The molecular formula is C10H16N6S. The van der Waals surface area contributed by atoms with Crippen LogP contribution < -0.4 is 10.6 Å². The van der Waals surface area contributed by atoms with E-state index in [4.69, 9.17) is 5.26 Å². The van der Waals surface area contributed by atoms with Crippen molar-refractivity contribution in [3.8, 4) is 6.19 Å². The Kier molecular flexibility index (Phi) is 6.67. The second kappa shape index (κ2) is 8.47. The minimum absolute atomic E-state index is 0.515. The molecule has 3 N–H and O–H groups in total. The van der Waals surface area contributed by atoms with E-state index >= 15 is 0 Å². The van der Waals surface area contributed by atoms with E-state index in [1.807, 2.05) is 24.0 Å². The molecule has 0 spiro atoms. The quantitative estimate of drug-likeness (QED) is 0.223. The molecule has 0 aliphatic heterocycles. The molecule has 1 aromatic rings. The fraction of sp³-hybridized carbons (Fsp3) is 0.500. The Morgan fingerprint density at radius 1 is 1.65 bits per heavy atom. The smallest absolute Gasteiger partial charge is 0.204 e. The summed E-state index contributed by atoms with van der Waals surface area (Å²) in [5.74, 6) is 2.54. The summed E-state index contributed by atoms with van der Waals surface area (Å²) >= 11 is 1.85. The first-order valence-electron chi connectivity index (χ1n) is 5.28. The van der Waals surface area contributed by atoms with Crippen molar-refractivity contribution >= 4 is 17.7 Å². The van der Waals surface area contributed by atoms with Crippen molar-refractivity contribution in [2.45, 2.75) is 6.42 Å². The molecule has 92 valence electrons. The van der Waals surface area contributed by atoms with E-state index in [1.165, 1.54) is 0 Å². The largest absolute Gasteiger partial charge is 0.355 e. The van der Waals surface area contributed by atoms with E-state index in [2.05, 4.69) is 25.8 Å². The summed E-state index contributed by atoms with van der Waals surface area (Å²) in [7, 11) is 1.64. The molecule has 0 aromatic carbocycles. The highest BCUT2D eigenvalue weighted by Gasteiger charge is 1.96. The van der Waals surface area contributed by atoms with Crippen molar-refractivity contribution in [3.05, 3.63) is 18.0 Å². The van der Waals surface area contributed by atoms with Gasteiger partial charge in [0.2, 0.25) is 5.96 Å². The lowest BCUT2D eigenvalue weighted by Crippen LogP contribution is -2.35. The van der Waals surface area contributed by atoms with Crippen molar-refractivity contribution in [2.75, 3.05) is 25.1 Å². The van der Waals surface area contributed by atoms with Gasteiger partial charge in [0.25, 0.3) is 0 Å². The van der Waals surface area contributed by atoms with Crippen LogP contribution in [0.5, 0.6) is 0 Å². The van der Waals surface area contributed by atoms with Crippen LogP contribution in [0.15, 0.2) is 17.3 Å². The zero-order valence-corrected chi connectivity index (χ0v) is 10.5. The van der Waals surface area contributed by atoms with Crippen LogP contribution in [-0.2, 0) is 6.42 Å². The van der Waals surface area contributed by atoms with Gasteiger partial charge in [-0.05, 0) is 18.2 Å². The van der Waals surface area contributed by atoms with Gasteiger partial charge in [0, 0.05) is 31.2 Å². The van der Waals surface area contributed by atoms with Crippen LogP contribution in [0.2, 0.25) is 0 Å². The number of aromatic amines is 1. The van der Waals surface area contributed by atoms with Gasteiger partial charge < -0.3 is 5.32 Å². The highest BCUT2D eigenvalue weighted by Crippen LogP contribution is 2.03. The third-order valence-electron chi connectivity index (χ3n) is 2.01. The number of aryl methyl sites for hydroxylation is 1. The average molecular weight is 252 g/mol. The Bertz CT molecular complexity index is 367. The number of H-pyrrole nitrogens is 1. The van der Waals surface area contributed by atoms with Crippen LogP contribution in [0, 0.1) is 11.5 Å². The fourth-order valence-corrected chi connectivity index (χ4v) is 2.00. The maximum atomic E-state index is 8.42. The number of guanidine groups is 1. The third-order valence-corrected chi connectivity index (χ3v) is 3.00. The summed E-state index contributed by atoms with van der Waals surface area (Å²) in [6.07, 6.45) is 4.59. The monoisotopic (exact) mass is 252 g/mol. The standard InChI is InChI=1S/C10H16N6S/c1-12-10(14-8-11)13-5-7-17-6-3-9-2-4-15-16-9/h2,4H,3,5-7H2,1H3,(H,15,16)(H2,12,13,14). The van der Waals surface area contributed by atoms with Crippen LogP contribution in [0.3, 0.4) is 0 Å². The minimum atomic E-state index is 0.515. The molecule has 0 radical (unpaired) electrons. The molecule has 0 aliphatic rings. The molecule has 0 aliphatic carbocycles. The summed E-state index contributed by atoms with van der Waals surface area (Å²) < 4.78 is 0. The number of rotatable bonds is 6. The van der Waals surface area contributed by atoms with E-state index in [-0.39, 0.29) is 0 Å². The number of nitriles is 1. The molecule has 0 atom stereocenters. The molecule has 0 saturated heterocycles. The topological polar surface area (TPSA) is 88.9 Å². The minimum Gasteiger partial charge on any atom is -0.355 e. The lowest BCUT2D eigenvalue weighted by atomic mass is 10.3. The van der Waals surface area contributed by atoms with Gasteiger partial charge in [0.05, 0.1) is 0 Å². The Balaban J connectivity index is 1.99.